The molecule has 0 bridgehead atoms. The molecule has 1 amide bonds. The molecule has 98 valence electrons. The monoisotopic (exact) mass is 250 g/mol. The van der Waals surface area contributed by atoms with E-state index in [2.05, 4.69) is 20.3 Å². The molecule has 1 aliphatic heterocycles. The number of anilines is 2. The van der Waals surface area contributed by atoms with Crippen molar-refractivity contribution >= 4 is 17.7 Å². The summed E-state index contributed by atoms with van der Waals surface area (Å²) in [5.41, 5.74) is 8.75. The number of amides is 1. The molecule has 18 heavy (non-hydrogen) atoms. The number of aryl methyl sites for hydroxylation is 1. The van der Waals surface area contributed by atoms with E-state index in [-0.39, 0.29) is 11.8 Å². The molecular weight excluding hydrogens is 232 g/mol. The highest BCUT2D eigenvalue weighted by Gasteiger charge is 2.24. The van der Waals surface area contributed by atoms with Gasteiger partial charge < -0.3 is 10.6 Å². The molecule has 1 fully saturated rings. The Kier molecular flexibility index (Phi) is 3.61. The average molecular weight is 250 g/mol. The Morgan fingerprint density at radius 1 is 1.50 bits per heavy atom. The number of hydrazine groups is 1. The van der Waals surface area contributed by atoms with Gasteiger partial charge in [-0.15, -0.1) is 0 Å². The third-order valence-corrected chi connectivity index (χ3v) is 3.27. The van der Waals surface area contributed by atoms with Crippen LogP contribution in [0.3, 0.4) is 0 Å². The molecule has 2 heterocycles. The predicted molar refractivity (Wildman–Crippen MR) is 68.7 cm³/mol. The van der Waals surface area contributed by atoms with Crippen LogP contribution in [-0.2, 0) is 4.79 Å². The van der Waals surface area contributed by atoms with Crippen LogP contribution in [0.4, 0.5) is 11.8 Å². The van der Waals surface area contributed by atoms with E-state index in [0.29, 0.717) is 5.95 Å². The lowest BCUT2D eigenvalue weighted by Crippen LogP contribution is -2.39. The molecule has 1 aromatic rings. The smallest absolute Gasteiger partial charge is 0.239 e. The van der Waals surface area contributed by atoms with Crippen molar-refractivity contribution in [3.63, 3.8) is 0 Å². The molecule has 7 heteroatoms. The maximum Gasteiger partial charge on any atom is 0.239 e. The largest absolute Gasteiger partial charge is 0.369 e. The SMILES string of the molecule is Cc1cnc(NN)nc1N1CCC(C(N)=O)CC1. The van der Waals surface area contributed by atoms with Gasteiger partial charge in [0.05, 0.1) is 0 Å². The topological polar surface area (TPSA) is 110 Å². The Labute approximate surface area is 106 Å². The lowest BCUT2D eigenvalue weighted by atomic mass is 9.96. The van der Waals surface area contributed by atoms with E-state index < -0.39 is 0 Å². The fourth-order valence-electron chi connectivity index (χ4n) is 2.20. The van der Waals surface area contributed by atoms with Gasteiger partial charge in [-0.2, -0.15) is 4.98 Å². The summed E-state index contributed by atoms with van der Waals surface area (Å²) in [6.45, 7) is 3.50. The number of primary amides is 1. The second-order valence-corrected chi connectivity index (χ2v) is 4.51. The number of nitrogen functional groups attached to an aromatic ring is 1. The fraction of sp³-hybridized carbons (Fsp3) is 0.545. The molecule has 0 atom stereocenters. The number of carbonyl (C=O) groups excluding carboxylic acids is 1. The number of hydrogen-bond acceptors (Lipinski definition) is 6. The van der Waals surface area contributed by atoms with Crippen molar-refractivity contribution in [1.82, 2.24) is 9.97 Å². The second-order valence-electron chi connectivity index (χ2n) is 4.51. The summed E-state index contributed by atoms with van der Waals surface area (Å²) >= 11 is 0. The Bertz CT molecular complexity index is 441. The van der Waals surface area contributed by atoms with Crippen LogP contribution >= 0.6 is 0 Å². The minimum absolute atomic E-state index is 0.0181. The van der Waals surface area contributed by atoms with Crippen LogP contribution in [-0.4, -0.2) is 29.0 Å². The first-order chi connectivity index (χ1) is 8.61. The maximum atomic E-state index is 11.1. The molecule has 0 unspecified atom stereocenters. The highest BCUT2D eigenvalue weighted by Crippen LogP contribution is 2.24. The first-order valence-corrected chi connectivity index (χ1v) is 5.96. The maximum absolute atomic E-state index is 11.1. The van der Waals surface area contributed by atoms with Crippen molar-refractivity contribution in [1.29, 1.82) is 0 Å². The van der Waals surface area contributed by atoms with E-state index in [4.69, 9.17) is 11.6 Å². The number of hydrogen-bond donors (Lipinski definition) is 3. The van der Waals surface area contributed by atoms with Gasteiger partial charge in [-0.05, 0) is 19.8 Å². The van der Waals surface area contributed by atoms with Gasteiger partial charge in [0.15, 0.2) is 0 Å². The molecule has 0 aromatic carbocycles. The first-order valence-electron chi connectivity index (χ1n) is 5.96. The molecule has 0 spiro atoms. The second kappa shape index (κ2) is 5.18. The van der Waals surface area contributed by atoms with Crippen LogP contribution in [0.1, 0.15) is 18.4 Å². The standard InChI is InChI=1S/C11H18N6O/c1-7-6-14-11(16-13)15-10(7)17-4-2-8(3-5-17)9(12)18/h6,8H,2-5,13H2,1H3,(H2,12,18)(H,14,15,16). The van der Waals surface area contributed by atoms with Crippen LogP contribution in [0.15, 0.2) is 6.20 Å². The summed E-state index contributed by atoms with van der Waals surface area (Å²) in [6, 6.07) is 0. The van der Waals surface area contributed by atoms with Gasteiger partial charge in [-0.1, -0.05) is 0 Å². The molecule has 1 aliphatic rings. The number of aromatic nitrogens is 2. The Morgan fingerprint density at radius 3 is 2.72 bits per heavy atom. The number of nitrogens with one attached hydrogen (secondary N) is 1. The number of piperidine rings is 1. The highest BCUT2D eigenvalue weighted by molar-refractivity contribution is 5.77. The van der Waals surface area contributed by atoms with Crippen molar-refractivity contribution < 1.29 is 4.79 Å². The fourth-order valence-corrected chi connectivity index (χ4v) is 2.20. The molecule has 0 aliphatic carbocycles. The number of nitrogens with zero attached hydrogens (tertiary/aromatic N) is 3. The molecule has 0 radical (unpaired) electrons. The van der Waals surface area contributed by atoms with Crippen LogP contribution in [0, 0.1) is 12.8 Å². The minimum atomic E-state index is -0.210. The van der Waals surface area contributed by atoms with E-state index in [1.807, 2.05) is 6.92 Å². The van der Waals surface area contributed by atoms with Crippen LogP contribution < -0.4 is 21.9 Å². The predicted octanol–water partition coefficient (Wildman–Crippen LogP) is -0.228. The molecule has 1 saturated heterocycles. The normalized spacial score (nSPS) is 16.7. The number of carbonyl (C=O) groups is 1. The van der Waals surface area contributed by atoms with Gasteiger partial charge in [0.25, 0.3) is 0 Å². The number of nitrogens with two attached hydrogens (primary N) is 2. The van der Waals surface area contributed by atoms with Gasteiger partial charge in [0, 0.05) is 30.8 Å². The van der Waals surface area contributed by atoms with E-state index in [1.54, 1.807) is 6.20 Å². The number of rotatable bonds is 3. The summed E-state index contributed by atoms with van der Waals surface area (Å²) in [7, 11) is 0. The van der Waals surface area contributed by atoms with Crippen LogP contribution in [0.5, 0.6) is 0 Å². The molecule has 7 nitrogen and oxygen atoms in total. The quantitative estimate of drug-likeness (QED) is 0.505. The summed E-state index contributed by atoms with van der Waals surface area (Å²) < 4.78 is 0. The first kappa shape index (κ1) is 12.6. The van der Waals surface area contributed by atoms with E-state index in [1.165, 1.54) is 0 Å². The van der Waals surface area contributed by atoms with Crippen molar-refractivity contribution in [3.8, 4) is 0 Å². The van der Waals surface area contributed by atoms with Crippen molar-refractivity contribution in [2.75, 3.05) is 23.4 Å². The minimum Gasteiger partial charge on any atom is -0.369 e. The lowest BCUT2D eigenvalue weighted by molar-refractivity contribution is -0.122. The van der Waals surface area contributed by atoms with Crippen molar-refractivity contribution in [3.05, 3.63) is 11.8 Å². The van der Waals surface area contributed by atoms with Gasteiger partial charge in [-0.25, -0.2) is 10.8 Å². The van der Waals surface area contributed by atoms with Crippen molar-refractivity contribution in [2.45, 2.75) is 19.8 Å². The van der Waals surface area contributed by atoms with E-state index >= 15 is 0 Å². The molecule has 0 saturated carbocycles. The van der Waals surface area contributed by atoms with Gasteiger partial charge in [0.2, 0.25) is 11.9 Å². The van der Waals surface area contributed by atoms with Crippen LogP contribution in [0.2, 0.25) is 0 Å². The Hall–Kier alpha value is -1.89. The zero-order chi connectivity index (χ0) is 13.1. The summed E-state index contributed by atoms with van der Waals surface area (Å²) in [4.78, 5) is 21.6. The Morgan fingerprint density at radius 2 is 2.17 bits per heavy atom. The van der Waals surface area contributed by atoms with Gasteiger partial charge in [-0.3, -0.25) is 10.2 Å². The van der Waals surface area contributed by atoms with Gasteiger partial charge in [0.1, 0.15) is 5.82 Å². The Balaban J connectivity index is 2.11. The summed E-state index contributed by atoms with van der Waals surface area (Å²) in [5, 5.41) is 0. The molecule has 1 aromatic heterocycles. The zero-order valence-corrected chi connectivity index (χ0v) is 10.4. The summed E-state index contributed by atoms with van der Waals surface area (Å²) in [5.74, 6) is 6.34. The third-order valence-electron chi connectivity index (χ3n) is 3.27. The molecule has 2 rings (SSSR count). The zero-order valence-electron chi connectivity index (χ0n) is 10.4. The molecular formula is C11H18N6O. The molecule has 5 N–H and O–H groups in total. The summed E-state index contributed by atoms with van der Waals surface area (Å²) in [6.07, 6.45) is 3.27. The van der Waals surface area contributed by atoms with E-state index in [9.17, 15) is 4.79 Å². The third kappa shape index (κ3) is 2.51. The van der Waals surface area contributed by atoms with Gasteiger partial charge >= 0.3 is 0 Å². The average Bonchev–Trinajstić information content (AvgIpc) is 2.39. The van der Waals surface area contributed by atoms with Crippen molar-refractivity contribution in [2.24, 2.45) is 17.5 Å². The lowest BCUT2D eigenvalue weighted by Gasteiger charge is -2.32. The van der Waals surface area contributed by atoms with Crippen LogP contribution in [0.25, 0.3) is 0 Å². The highest BCUT2D eigenvalue weighted by atomic mass is 16.1. The van der Waals surface area contributed by atoms with E-state index in [0.717, 1.165) is 37.3 Å².